The van der Waals surface area contributed by atoms with Crippen LogP contribution < -0.4 is 10.9 Å². The molecule has 0 radical (unpaired) electrons. The highest BCUT2D eigenvalue weighted by molar-refractivity contribution is 6.33. The van der Waals surface area contributed by atoms with Gasteiger partial charge in [0.05, 0.1) is 0 Å². The van der Waals surface area contributed by atoms with Gasteiger partial charge in [-0.3, -0.25) is 14.2 Å². The number of hydrogen-bond donors (Lipinski definition) is 1. The van der Waals surface area contributed by atoms with Crippen LogP contribution in [-0.4, -0.2) is 45.0 Å². The van der Waals surface area contributed by atoms with Gasteiger partial charge in [-0.25, -0.2) is 4.98 Å². The molecule has 0 spiro atoms. The highest BCUT2D eigenvalue weighted by Gasteiger charge is 2.19. The quantitative estimate of drug-likeness (QED) is 0.684. The highest BCUT2D eigenvalue weighted by Crippen LogP contribution is 2.27. The molecule has 1 aromatic carbocycles. The summed E-state index contributed by atoms with van der Waals surface area (Å²) in [6.45, 7) is 1.43. The van der Waals surface area contributed by atoms with Crippen molar-refractivity contribution in [2.24, 2.45) is 7.05 Å². The molecule has 28 heavy (non-hydrogen) atoms. The number of nitrogens with zero attached hydrogens (tertiary/aromatic N) is 4. The van der Waals surface area contributed by atoms with Gasteiger partial charge in [0, 0.05) is 53.9 Å². The number of rotatable bonds is 4. The molecule has 3 heterocycles. The Morgan fingerprint density at radius 1 is 1.21 bits per heavy atom. The lowest BCUT2D eigenvalue weighted by atomic mass is 10.1. The number of amides is 1. The van der Waals surface area contributed by atoms with Gasteiger partial charge in [0.15, 0.2) is 0 Å². The maximum Gasteiger partial charge on any atom is 0.259 e. The van der Waals surface area contributed by atoms with Crippen molar-refractivity contribution in [3.63, 3.8) is 0 Å². The molecular formula is C20H20ClN5O2. The van der Waals surface area contributed by atoms with Gasteiger partial charge in [0.1, 0.15) is 5.65 Å². The summed E-state index contributed by atoms with van der Waals surface area (Å²) in [5, 5.41) is 4.61. The molecule has 1 saturated heterocycles. The zero-order valence-electron chi connectivity index (χ0n) is 15.4. The van der Waals surface area contributed by atoms with Gasteiger partial charge in [-0.2, -0.15) is 4.98 Å². The van der Waals surface area contributed by atoms with Gasteiger partial charge < -0.3 is 10.2 Å². The Morgan fingerprint density at radius 3 is 2.68 bits per heavy atom. The fourth-order valence-electron chi connectivity index (χ4n) is 3.52. The van der Waals surface area contributed by atoms with E-state index >= 15 is 0 Å². The first kappa shape index (κ1) is 18.4. The van der Waals surface area contributed by atoms with Crippen LogP contribution >= 0.6 is 11.6 Å². The molecular weight excluding hydrogens is 378 g/mol. The Bertz CT molecular complexity index is 1090. The second kappa shape index (κ2) is 7.59. The van der Waals surface area contributed by atoms with Gasteiger partial charge in [-0.1, -0.05) is 29.8 Å². The lowest BCUT2D eigenvalue weighted by Gasteiger charge is -2.29. The van der Waals surface area contributed by atoms with Crippen LogP contribution in [0.5, 0.6) is 0 Å². The number of halogens is 1. The molecule has 0 bridgehead atoms. The number of pyridine rings is 1. The lowest BCUT2D eigenvalue weighted by Crippen LogP contribution is -2.38. The Hall–Kier alpha value is -2.93. The van der Waals surface area contributed by atoms with E-state index < -0.39 is 0 Å². The van der Waals surface area contributed by atoms with E-state index in [-0.39, 0.29) is 11.6 Å². The number of fused-ring (bicyclic) bond motifs is 1. The Balaban J connectivity index is 1.67. The standard InChI is InChI=1S/C20H20ClN5O2/c1-25-18-13(10-16(19(25)28)15-4-2-3-5-17(15)21)11-22-20(24-18)23-14-6-8-26(12-27)9-7-14/h2-5,10-12,14H,6-9H2,1H3,(H,22,23,24). The molecule has 4 rings (SSSR count). The SMILES string of the molecule is Cn1c(=O)c(-c2ccccc2Cl)cc2cnc(NC3CCN(C=O)CC3)nc21. The molecule has 1 N–H and O–H groups in total. The minimum Gasteiger partial charge on any atom is -0.351 e. The van der Waals surface area contributed by atoms with Crippen LogP contribution in [0, 0.1) is 0 Å². The number of benzene rings is 1. The van der Waals surface area contributed by atoms with Gasteiger partial charge in [0.25, 0.3) is 5.56 Å². The van der Waals surface area contributed by atoms with E-state index in [1.807, 2.05) is 18.2 Å². The van der Waals surface area contributed by atoms with Crippen molar-refractivity contribution >= 4 is 35.0 Å². The number of carbonyl (C=O) groups is 1. The molecule has 0 unspecified atom stereocenters. The molecule has 3 aromatic rings. The second-order valence-electron chi connectivity index (χ2n) is 6.93. The van der Waals surface area contributed by atoms with E-state index in [4.69, 9.17) is 11.6 Å². The van der Waals surface area contributed by atoms with Gasteiger partial charge in [-0.15, -0.1) is 0 Å². The second-order valence-corrected chi connectivity index (χ2v) is 7.34. The normalized spacial score (nSPS) is 15.0. The Labute approximate surface area is 167 Å². The minimum absolute atomic E-state index is 0.162. The summed E-state index contributed by atoms with van der Waals surface area (Å²) >= 11 is 6.27. The van der Waals surface area contributed by atoms with E-state index in [0.29, 0.717) is 40.8 Å². The predicted octanol–water partition coefficient (Wildman–Crippen LogP) is 2.68. The smallest absolute Gasteiger partial charge is 0.259 e. The fraction of sp³-hybridized carbons (Fsp3) is 0.300. The zero-order chi connectivity index (χ0) is 19.7. The van der Waals surface area contributed by atoms with Crippen molar-refractivity contribution in [1.82, 2.24) is 19.4 Å². The van der Waals surface area contributed by atoms with Gasteiger partial charge in [0.2, 0.25) is 12.4 Å². The fourth-order valence-corrected chi connectivity index (χ4v) is 3.76. The third-order valence-electron chi connectivity index (χ3n) is 5.12. The molecule has 0 aliphatic carbocycles. The van der Waals surface area contributed by atoms with Gasteiger partial charge >= 0.3 is 0 Å². The average molecular weight is 398 g/mol. The number of likely N-dealkylation sites (tertiary alicyclic amines) is 1. The largest absolute Gasteiger partial charge is 0.351 e. The Kier molecular flexibility index (Phi) is 5.00. The molecule has 1 fully saturated rings. The van der Waals surface area contributed by atoms with E-state index in [2.05, 4.69) is 15.3 Å². The number of aromatic nitrogens is 3. The van der Waals surface area contributed by atoms with Crippen molar-refractivity contribution in [3.8, 4) is 11.1 Å². The van der Waals surface area contributed by atoms with E-state index in [9.17, 15) is 9.59 Å². The summed E-state index contributed by atoms with van der Waals surface area (Å²) in [6.07, 6.45) is 4.27. The lowest BCUT2D eigenvalue weighted by molar-refractivity contribution is -0.118. The summed E-state index contributed by atoms with van der Waals surface area (Å²) in [6, 6.07) is 9.26. The topological polar surface area (TPSA) is 80.1 Å². The number of anilines is 1. The third kappa shape index (κ3) is 3.45. The first-order valence-corrected chi connectivity index (χ1v) is 9.52. The van der Waals surface area contributed by atoms with Crippen molar-refractivity contribution in [3.05, 3.63) is 51.9 Å². The monoisotopic (exact) mass is 397 g/mol. The molecule has 0 atom stereocenters. The van der Waals surface area contributed by atoms with Crippen LogP contribution in [0.25, 0.3) is 22.2 Å². The molecule has 8 heteroatoms. The minimum atomic E-state index is -0.162. The number of carbonyl (C=O) groups excluding carboxylic acids is 1. The van der Waals surface area contributed by atoms with E-state index in [1.165, 1.54) is 4.57 Å². The number of nitrogens with one attached hydrogen (secondary N) is 1. The summed E-state index contributed by atoms with van der Waals surface area (Å²) in [5.41, 5.74) is 1.61. The number of aryl methyl sites for hydroxylation is 1. The van der Waals surface area contributed by atoms with Crippen molar-refractivity contribution in [1.29, 1.82) is 0 Å². The summed E-state index contributed by atoms with van der Waals surface area (Å²) in [5.74, 6) is 0.484. The zero-order valence-corrected chi connectivity index (χ0v) is 16.2. The van der Waals surface area contributed by atoms with Crippen LogP contribution in [0.3, 0.4) is 0 Å². The molecule has 0 saturated carbocycles. The Morgan fingerprint density at radius 2 is 1.96 bits per heavy atom. The van der Waals surface area contributed by atoms with Crippen LogP contribution in [0.2, 0.25) is 5.02 Å². The summed E-state index contributed by atoms with van der Waals surface area (Å²) in [7, 11) is 1.70. The van der Waals surface area contributed by atoms with Gasteiger partial charge in [-0.05, 0) is 25.0 Å². The maximum atomic E-state index is 12.9. The number of piperidine rings is 1. The van der Waals surface area contributed by atoms with Crippen LogP contribution in [0.4, 0.5) is 5.95 Å². The van der Waals surface area contributed by atoms with Crippen LogP contribution in [0.1, 0.15) is 12.8 Å². The third-order valence-corrected chi connectivity index (χ3v) is 5.45. The molecule has 1 aliphatic heterocycles. The maximum absolute atomic E-state index is 12.9. The van der Waals surface area contributed by atoms with Crippen molar-refractivity contribution in [2.45, 2.75) is 18.9 Å². The van der Waals surface area contributed by atoms with Crippen LogP contribution in [-0.2, 0) is 11.8 Å². The molecule has 1 aliphatic rings. The van der Waals surface area contributed by atoms with Crippen LogP contribution in [0.15, 0.2) is 41.3 Å². The highest BCUT2D eigenvalue weighted by atomic mass is 35.5. The molecule has 144 valence electrons. The van der Waals surface area contributed by atoms with Crippen molar-refractivity contribution < 1.29 is 4.79 Å². The van der Waals surface area contributed by atoms with E-state index in [0.717, 1.165) is 24.6 Å². The molecule has 7 nitrogen and oxygen atoms in total. The molecule has 1 amide bonds. The molecule has 2 aromatic heterocycles. The number of hydrogen-bond acceptors (Lipinski definition) is 5. The van der Waals surface area contributed by atoms with Crippen molar-refractivity contribution in [2.75, 3.05) is 18.4 Å². The predicted molar refractivity (Wildman–Crippen MR) is 110 cm³/mol. The first-order valence-electron chi connectivity index (χ1n) is 9.14. The average Bonchev–Trinajstić information content (AvgIpc) is 2.72. The summed E-state index contributed by atoms with van der Waals surface area (Å²) < 4.78 is 1.52. The van der Waals surface area contributed by atoms with E-state index in [1.54, 1.807) is 30.3 Å². The summed E-state index contributed by atoms with van der Waals surface area (Å²) in [4.78, 5) is 34.5. The first-order chi connectivity index (χ1) is 13.6.